The fraction of sp³-hybridized carbons (Fsp3) is 0.478. The first-order valence-electron chi connectivity index (χ1n) is 12.1. The number of halogens is 2. The molecule has 2 aliphatic rings. The van der Waals surface area contributed by atoms with Crippen molar-refractivity contribution in [1.82, 2.24) is 29.8 Å². The van der Waals surface area contributed by atoms with E-state index in [4.69, 9.17) is 10.5 Å². The van der Waals surface area contributed by atoms with Crippen LogP contribution in [0.1, 0.15) is 25.1 Å². The Balaban J connectivity index is 1.48. The summed E-state index contributed by atoms with van der Waals surface area (Å²) in [6.45, 7) is 2.83. The van der Waals surface area contributed by atoms with E-state index in [2.05, 4.69) is 25.3 Å². The van der Waals surface area contributed by atoms with Crippen molar-refractivity contribution in [3.63, 3.8) is 0 Å². The van der Waals surface area contributed by atoms with Gasteiger partial charge in [0.25, 0.3) is 6.43 Å². The highest BCUT2D eigenvalue weighted by Crippen LogP contribution is 2.29. The Morgan fingerprint density at radius 2 is 1.59 bits per heavy atom. The third-order valence-corrected chi connectivity index (χ3v) is 6.46. The topological polar surface area (TPSA) is 144 Å². The number of nitrogens with zero attached hydrogens (tertiary/aromatic N) is 7. The number of hydrogen-bond acceptors (Lipinski definition) is 9. The smallest absolute Gasteiger partial charge is 0.296 e. The Hall–Kier alpha value is -3.94. The Bertz CT molecular complexity index is 1290. The highest BCUT2D eigenvalue weighted by atomic mass is 19.3. The molecule has 196 valence electrons. The molecule has 3 aromatic rings. The van der Waals surface area contributed by atoms with Crippen molar-refractivity contribution < 1.29 is 23.1 Å². The van der Waals surface area contributed by atoms with Crippen LogP contribution in [0.3, 0.4) is 0 Å². The number of ether oxygens (including phenoxy) is 1. The van der Waals surface area contributed by atoms with Crippen molar-refractivity contribution in [2.24, 2.45) is 11.7 Å². The number of rotatable bonds is 7. The lowest BCUT2D eigenvalue weighted by Gasteiger charge is -2.32. The molecule has 2 aliphatic heterocycles. The van der Waals surface area contributed by atoms with Gasteiger partial charge in [0.05, 0.1) is 30.8 Å². The summed E-state index contributed by atoms with van der Waals surface area (Å²) in [5.74, 6) is -0.806. The van der Waals surface area contributed by atoms with Gasteiger partial charge in [0, 0.05) is 32.1 Å². The summed E-state index contributed by atoms with van der Waals surface area (Å²) in [6, 6.07) is 6.84. The quantitative estimate of drug-likeness (QED) is 0.467. The van der Waals surface area contributed by atoms with Gasteiger partial charge in [-0.2, -0.15) is 15.0 Å². The van der Waals surface area contributed by atoms with Gasteiger partial charge < -0.3 is 25.6 Å². The number of nitrogens with two attached hydrogens (primary N) is 1. The van der Waals surface area contributed by atoms with Gasteiger partial charge in [0.1, 0.15) is 0 Å². The molecular weight excluding hydrogens is 488 g/mol. The standard InChI is InChI=1S/C23H27F2N9O3/c24-18(25)19-28-15-3-1-2-4-16(15)34(19)23-30-21(29-22(31-23)33-9-11-37-12-10-33)32-7-5-14(6-8-32)20(36)27-13-17(26)35/h1-4,14,18H,5-13H2,(H2,26,35)(H,27,36). The molecule has 4 heterocycles. The Labute approximate surface area is 210 Å². The van der Waals surface area contributed by atoms with Crippen LogP contribution < -0.4 is 20.9 Å². The van der Waals surface area contributed by atoms with Crippen LogP contribution in [0.5, 0.6) is 0 Å². The van der Waals surface area contributed by atoms with Crippen molar-refractivity contribution >= 4 is 34.7 Å². The first-order chi connectivity index (χ1) is 17.9. The van der Waals surface area contributed by atoms with Gasteiger partial charge in [-0.05, 0) is 25.0 Å². The molecule has 2 fully saturated rings. The molecule has 2 saturated heterocycles. The molecule has 37 heavy (non-hydrogen) atoms. The van der Waals surface area contributed by atoms with Crippen molar-refractivity contribution in [3.8, 4) is 5.95 Å². The molecule has 0 spiro atoms. The molecule has 0 atom stereocenters. The number of carbonyl (C=O) groups is 2. The first kappa shape index (κ1) is 24.7. The summed E-state index contributed by atoms with van der Waals surface area (Å²) in [5, 5.41) is 2.55. The zero-order valence-electron chi connectivity index (χ0n) is 20.0. The number of amides is 2. The summed E-state index contributed by atoms with van der Waals surface area (Å²) >= 11 is 0. The van der Waals surface area contributed by atoms with Crippen LogP contribution in [-0.4, -0.2) is 82.3 Å². The summed E-state index contributed by atoms with van der Waals surface area (Å²) in [6.07, 6.45) is -1.82. The maximum atomic E-state index is 14.0. The molecule has 0 bridgehead atoms. The van der Waals surface area contributed by atoms with E-state index in [9.17, 15) is 18.4 Å². The van der Waals surface area contributed by atoms with Crippen molar-refractivity contribution in [2.75, 3.05) is 55.7 Å². The molecule has 1 aromatic carbocycles. The SMILES string of the molecule is NC(=O)CNC(=O)C1CCN(c2nc(N3CCOCC3)nc(-n3c(C(F)F)nc4ccccc43)n2)CC1. The highest BCUT2D eigenvalue weighted by Gasteiger charge is 2.29. The second-order valence-electron chi connectivity index (χ2n) is 8.88. The first-order valence-corrected chi connectivity index (χ1v) is 12.1. The van der Waals surface area contributed by atoms with Crippen molar-refractivity contribution in [1.29, 1.82) is 0 Å². The molecule has 2 aromatic heterocycles. The fourth-order valence-corrected chi connectivity index (χ4v) is 4.55. The van der Waals surface area contributed by atoms with Gasteiger partial charge in [0.15, 0.2) is 5.82 Å². The van der Waals surface area contributed by atoms with E-state index < -0.39 is 18.2 Å². The predicted octanol–water partition coefficient (Wildman–Crippen LogP) is 0.803. The number of aromatic nitrogens is 5. The maximum Gasteiger partial charge on any atom is 0.296 e. The minimum absolute atomic E-state index is 0.0526. The molecule has 3 N–H and O–H groups in total. The number of piperidine rings is 1. The molecule has 5 rings (SSSR count). The number of carbonyl (C=O) groups excluding carboxylic acids is 2. The third-order valence-electron chi connectivity index (χ3n) is 6.46. The number of para-hydroxylation sites is 2. The van der Waals surface area contributed by atoms with Gasteiger partial charge in [-0.1, -0.05) is 12.1 Å². The molecule has 14 heteroatoms. The van der Waals surface area contributed by atoms with E-state index in [-0.39, 0.29) is 24.3 Å². The van der Waals surface area contributed by atoms with E-state index in [1.54, 1.807) is 24.3 Å². The zero-order chi connectivity index (χ0) is 25.9. The van der Waals surface area contributed by atoms with Crippen molar-refractivity contribution in [2.45, 2.75) is 19.3 Å². The number of hydrogen-bond donors (Lipinski definition) is 2. The van der Waals surface area contributed by atoms with E-state index in [1.165, 1.54) is 4.57 Å². The van der Waals surface area contributed by atoms with E-state index in [1.807, 2.05) is 9.80 Å². The monoisotopic (exact) mass is 515 g/mol. The number of alkyl halides is 2. The average Bonchev–Trinajstić information content (AvgIpc) is 3.32. The molecule has 0 aliphatic carbocycles. The summed E-state index contributed by atoms with van der Waals surface area (Å²) in [5.41, 5.74) is 5.99. The number of benzene rings is 1. The van der Waals surface area contributed by atoms with Gasteiger partial charge >= 0.3 is 0 Å². The minimum atomic E-state index is -2.84. The van der Waals surface area contributed by atoms with E-state index in [0.717, 1.165) is 0 Å². The Morgan fingerprint density at radius 1 is 0.973 bits per heavy atom. The van der Waals surface area contributed by atoms with Crippen LogP contribution in [0.2, 0.25) is 0 Å². The zero-order valence-corrected chi connectivity index (χ0v) is 20.0. The second kappa shape index (κ2) is 10.6. The third kappa shape index (κ3) is 5.28. The number of primary amides is 1. The average molecular weight is 516 g/mol. The number of nitrogens with one attached hydrogen (secondary N) is 1. The predicted molar refractivity (Wildman–Crippen MR) is 130 cm³/mol. The number of anilines is 2. The van der Waals surface area contributed by atoms with Gasteiger partial charge in [-0.15, -0.1) is 0 Å². The highest BCUT2D eigenvalue weighted by molar-refractivity contribution is 5.85. The number of fused-ring (bicyclic) bond motifs is 1. The lowest BCUT2D eigenvalue weighted by Crippen LogP contribution is -2.43. The van der Waals surface area contributed by atoms with Crippen LogP contribution in [0, 0.1) is 5.92 Å². The number of imidazole rings is 1. The lowest BCUT2D eigenvalue weighted by atomic mass is 9.96. The van der Waals surface area contributed by atoms with Crippen LogP contribution in [0.15, 0.2) is 24.3 Å². The van der Waals surface area contributed by atoms with Gasteiger partial charge in [-0.25, -0.2) is 13.8 Å². The number of morpholine rings is 1. The van der Waals surface area contributed by atoms with Crippen LogP contribution >= 0.6 is 0 Å². The summed E-state index contributed by atoms with van der Waals surface area (Å²) < 4.78 is 34.8. The molecule has 0 saturated carbocycles. The molecule has 2 amide bonds. The van der Waals surface area contributed by atoms with Gasteiger partial charge in [0.2, 0.25) is 29.7 Å². The van der Waals surface area contributed by atoms with Gasteiger partial charge in [-0.3, -0.25) is 14.2 Å². The summed E-state index contributed by atoms with van der Waals surface area (Å²) in [7, 11) is 0. The fourth-order valence-electron chi connectivity index (χ4n) is 4.55. The van der Waals surface area contributed by atoms with Crippen LogP contribution in [0.25, 0.3) is 17.0 Å². The molecule has 0 unspecified atom stereocenters. The molecular formula is C23H27F2N9O3. The maximum absolute atomic E-state index is 14.0. The van der Waals surface area contributed by atoms with Crippen molar-refractivity contribution in [3.05, 3.63) is 30.1 Å². The largest absolute Gasteiger partial charge is 0.378 e. The van der Waals surface area contributed by atoms with Crippen LogP contribution in [-0.2, 0) is 14.3 Å². The normalized spacial score (nSPS) is 16.9. The van der Waals surface area contributed by atoms with Crippen LogP contribution in [0.4, 0.5) is 20.7 Å². The van der Waals surface area contributed by atoms with E-state index >= 15 is 0 Å². The molecule has 0 radical (unpaired) electrons. The van der Waals surface area contributed by atoms with E-state index in [0.29, 0.717) is 75.2 Å². The second-order valence-corrected chi connectivity index (χ2v) is 8.88. The molecule has 12 nitrogen and oxygen atoms in total. The Morgan fingerprint density at radius 3 is 2.24 bits per heavy atom. The summed E-state index contributed by atoms with van der Waals surface area (Å²) in [4.78, 5) is 45.1. The lowest BCUT2D eigenvalue weighted by molar-refractivity contribution is -0.128. The minimum Gasteiger partial charge on any atom is -0.378 e. The Kier molecular flexibility index (Phi) is 7.08.